The van der Waals surface area contributed by atoms with Crippen LogP contribution in [0.2, 0.25) is 0 Å². The number of rotatable bonds is 7. The van der Waals surface area contributed by atoms with Crippen LogP contribution in [-0.4, -0.2) is 21.7 Å². The lowest BCUT2D eigenvalue weighted by Crippen LogP contribution is -2.37. The van der Waals surface area contributed by atoms with Crippen LogP contribution in [0.1, 0.15) is 25.3 Å². The lowest BCUT2D eigenvalue weighted by molar-refractivity contribution is -0.152. The van der Waals surface area contributed by atoms with Gasteiger partial charge in [0.1, 0.15) is 17.2 Å². The highest BCUT2D eigenvalue weighted by molar-refractivity contribution is 5.76. The third kappa shape index (κ3) is 4.47. The highest BCUT2D eigenvalue weighted by atomic mass is 16.5. The van der Waals surface area contributed by atoms with Gasteiger partial charge in [0.25, 0.3) is 0 Å². The number of carboxylic acid groups (broad SMARTS) is 1. The monoisotopic (exact) mass is 366 g/mol. The normalized spacial score (nSPS) is 11.2. The molecular weight excluding hydrogens is 344 g/mol. The van der Waals surface area contributed by atoms with Gasteiger partial charge in [-0.25, -0.2) is 9.78 Å². The van der Waals surface area contributed by atoms with E-state index in [0.29, 0.717) is 18.2 Å². The molecule has 0 spiro atoms. The molecule has 0 aliphatic rings. The quantitative estimate of drug-likeness (QED) is 0.640. The van der Waals surface area contributed by atoms with Gasteiger partial charge in [0.05, 0.1) is 6.54 Å². The molecule has 3 rings (SSSR count). The summed E-state index contributed by atoms with van der Waals surface area (Å²) >= 11 is 0. The first-order chi connectivity index (χ1) is 12.8. The number of hydrogen-bond acceptors (Lipinski definition) is 5. The van der Waals surface area contributed by atoms with Gasteiger partial charge >= 0.3 is 5.97 Å². The van der Waals surface area contributed by atoms with Crippen molar-refractivity contribution < 1.29 is 19.1 Å². The Balaban J connectivity index is 1.64. The maximum absolute atomic E-state index is 11.1. The molecular formula is C21H22N2O4. The van der Waals surface area contributed by atoms with E-state index < -0.39 is 11.6 Å². The Hall–Kier alpha value is -3.28. The van der Waals surface area contributed by atoms with Crippen LogP contribution in [0.4, 0.5) is 5.69 Å². The molecule has 6 nitrogen and oxygen atoms in total. The highest BCUT2D eigenvalue weighted by Crippen LogP contribution is 2.24. The third-order valence-electron chi connectivity index (χ3n) is 4.12. The third-order valence-corrected chi connectivity index (χ3v) is 4.12. The van der Waals surface area contributed by atoms with Crippen molar-refractivity contribution in [1.29, 1.82) is 0 Å². The number of benzene rings is 2. The van der Waals surface area contributed by atoms with Crippen molar-refractivity contribution in [3.05, 3.63) is 66.1 Å². The number of anilines is 1. The number of nitrogens with zero attached hydrogens (tertiary/aromatic N) is 1. The Morgan fingerprint density at radius 1 is 1.15 bits per heavy atom. The fourth-order valence-corrected chi connectivity index (χ4v) is 2.46. The van der Waals surface area contributed by atoms with Crippen LogP contribution in [0, 0.1) is 6.92 Å². The minimum Gasteiger partial charge on any atom is -0.478 e. The summed E-state index contributed by atoms with van der Waals surface area (Å²) in [5.74, 6) is 0.853. The van der Waals surface area contributed by atoms with Gasteiger partial charge in [-0.1, -0.05) is 18.2 Å². The number of aromatic nitrogens is 1. The Morgan fingerprint density at radius 2 is 1.81 bits per heavy atom. The molecule has 2 aromatic carbocycles. The van der Waals surface area contributed by atoms with Crippen molar-refractivity contribution in [2.24, 2.45) is 0 Å². The second kappa shape index (κ2) is 7.53. The summed E-state index contributed by atoms with van der Waals surface area (Å²) in [6.45, 7) is 5.43. The summed E-state index contributed by atoms with van der Waals surface area (Å²) in [6.07, 6.45) is 0. The van der Waals surface area contributed by atoms with Gasteiger partial charge in [0, 0.05) is 11.3 Å². The zero-order valence-electron chi connectivity index (χ0n) is 15.5. The lowest BCUT2D eigenvalue weighted by atomic mass is 10.1. The Bertz CT molecular complexity index is 915. The molecule has 0 fully saturated rings. The average Bonchev–Trinajstić information content (AvgIpc) is 3.02. The Kier molecular flexibility index (Phi) is 5.16. The summed E-state index contributed by atoms with van der Waals surface area (Å²) in [7, 11) is 0. The van der Waals surface area contributed by atoms with E-state index in [-0.39, 0.29) is 0 Å². The molecule has 1 heterocycles. The Labute approximate surface area is 157 Å². The van der Waals surface area contributed by atoms with Crippen molar-refractivity contribution in [1.82, 2.24) is 4.98 Å². The number of carboxylic acids is 1. The first-order valence-electron chi connectivity index (χ1n) is 8.63. The van der Waals surface area contributed by atoms with E-state index in [9.17, 15) is 4.79 Å². The van der Waals surface area contributed by atoms with E-state index in [1.54, 1.807) is 12.1 Å². The molecule has 0 unspecified atom stereocenters. The molecule has 0 aliphatic heterocycles. The standard InChI is InChI=1S/C21H22N2O4/c1-14-18(23-19(26-14)15-7-5-4-6-8-15)13-22-16-9-11-17(12-10-16)27-21(2,3)20(24)25/h4-12,22H,13H2,1-3H3,(H,24,25). The largest absolute Gasteiger partial charge is 0.478 e. The van der Waals surface area contributed by atoms with E-state index >= 15 is 0 Å². The van der Waals surface area contributed by atoms with E-state index in [4.69, 9.17) is 14.3 Å². The van der Waals surface area contributed by atoms with Gasteiger partial charge in [0.15, 0.2) is 5.60 Å². The molecule has 0 bridgehead atoms. The van der Waals surface area contributed by atoms with Gasteiger partial charge < -0.3 is 19.6 Å². The molecule has 0 saturated carbocycles. The summed E-state index contributed by atoms with van der Waals surface area (Å²) < 4.78 is 11.3. The number of ether oxygens (including phenoxy) is 1. The molecule has 140 valence electrons. The van der Waals surface area contributed by atoms with Crippen LogP contribution >= 0.6 is 0 Å². The second-order valence-corrected chi connectivity index (χ2v) is 6.68. The summed E-state index contributed by atoms with van der Waals surface area (Å²) in [6, 6.07) is 16.9. The van der Waals surface area contributed by atoms with Crippen molar-refractivity contribution >= 4 is 11.7 Å². The molecule has 3 aromatic rings. The van der Waals surface area contributed by atoms with E-state index in [0.717, 1.165) is 22.7 Å². The van der Waals surface area contributed by atoms with Crippen molar-refractivity contribution in [2.45, 2.75) is 32.9 Å². The number of carbonyl (C=O) groups is 1. The Morgan fingerprint density at radius 3 is 2.44 bits per heavy atom. The van der Waals surface area contributed by atoms with E-state index in [1.165, 1.54) is 13.8 Å². The van der Waals surface area contributed by atoms with Crippen LogP contribution in [0.3, 0.4) is 0 Å². The minimum atomic E-state index is -1.28. The average molecular weight is 366 g/mol. The molecule has 6 heteroatoms. The second-order valence-electron chi connectivity index (χ2n) is 6.68. The van der Waals surface area contributed by atoms with Gasteiger partial charge in [-0.2, -0.15) is 0 Å². The first kappa shape index (κ1) is 18.5. The predicted octanol–water partition coefficient (Wildman–Crippen LogP) is 4.50. The molecule has 27 heavy (non-hydrogen) atoms. The zero-order chi connectivity index (χ0) is 19.4. The van der Waals surface area contributed by atoms with Crippen LogP contribution in [-0.2, 0) is 11.3 Å². The summed E-state index contributed by atoms with van der Waals surface area (Å²) in [4.78, 5) is 15.7. The highest BCUT2D eigenvalue weighted by Gasteiger charge is 2.29. The van der Waals surface area contributed by atoms with Crippen molar-refractivity contribution in [2.75, 3.05) is 5.32 Å². The fraction of sp³-hybridized carbons (Fsp3) is 0.238. The van der Waals surface area contributed by atoms with Crippen LogP contribution in [0.25, 0.3) is 11.5 Å². The molecule has 2 N–H and O–H groups in total. The number of oxazole rings is 1. The smallest absolute Gasteiger partial charge is 0.347 e. The van der Waals surface area contributed by atoms with Crippen molar-refractivity contribution in [3.63, 3.8) is 0 Å². The predicted molar refractivity (Wildman–Crippen MR) is 103 cm³/mol. The van der Waals surface area contributed by atoms with Gasteiger partial charge in [-0.05, 0) is 57.2 Å². The summed E-state index contributed by atoms with van der Waals surface area (Å²) in [5, 5.41) is 12.4. The van der Waals surface area contributed by atoms with Crippen LogP contribution < -0.4 is 10.1 Å². The lowest BCUT2D eigenvalue weighted by Gasteiger charge is -2.21. The zero-order valence-corrected chi connectivity index (χ0v) is 15.5. The van der Waals surface area contributed by atoms with Gasteiger partial charge in [0.2, 0.25) is 5.89 Å². The van der Waals surface area contributed by atoms with E-state index in [2.05, 4.69) is 10.3 Å². The SMILES string of the molecule is Cc1oc(-c2ccccc2)nc1CNc1ccc(OC(C)(C)C(=O)O)cc1. The maximum atomic E-state index is 11.1. The molecule has 0 atom stereocenters. The topological polar surface area (TPSA) is 84.6 Å². The van der Waals surface area contributed by atoms with E-state index in [1.807, 2.05) is 49.4 Å². The number of aryl methyl sites for hydroxylation is 1. The van der Waals surface area contributed by atoms with Crippen molar-refractivity contribution in [3.8, 4) is 17.2 Å². The van der Waals surface area contributed by atoms with Crippen LogP contribution in [0.15, 0.2) is 59.0 Å². The number of hydrogen-bond donors (Lipinski definition) is 2. The van der Waals surface area contributed by atoms with Gasteiger partial charge in [-0.3, -0.25) is 0 Å². The maximum Gasteiger partial charge on any atom is 0.347 e. The molecule has 0 saturated heterocycles. The number of nitrogens with one attached hydrogen (secondary N) is 1. The van der Waals surface area contributed by atoms with Gasteiger partial charge in [-0.15, -0.1) is 0 Å². The van der Waals surface area contributed by atoms with Crippen LogP contribution in [0.5, 0.6) is 5.75 Å². The number of aliphatic carboxylic acids is 1. The fourth-order valence-electron chi connectivity index (χ4n) is 2.46. The minimum absolute atomic E-state index is 0.497. The first-order valence-corrected chi connectivity index (χ1v) is 8.63. The molecule has 0 aliphatic carbocycles. The summed E-state index contributed by atoms with van der Waals surface area (Å²) in [5.41, 5.74) is 1.37. The molecule has 1 aromatic heterocycles. The molecule has 0 radical (unpaired) electrons. The molecule has 0 amide bonds.